The lowest BCUT2D eigenvalue weighted by Crippen LogP contribution is -2.25. The van der Waals surface area contributed by atoms with Gasteiger partial charge in [-0.1, -0.05) is 32.9 Å². The second-order valence-electron chi connectivity index (χ2n) is 7.73. The van der Waals surface area contributed by atoms with Gasteiger partial charge in [0.25, 0.3) is 5.91 Å². The van der Waals surface area contributed by atoms with Crippen molar-refractivity contribution in [2.45, 2.75) is 52.9 Å². The van der Waals surface area contributed by atoms with Crippen LogP contribution < -0.4 is 10.1 Å². The van der Waals surface area contributed by atoms with E-state index < -0.39 is 0 Å². The van der Waals surface area contributed by atoms with E-state index in [1.54, 1.807) is 23.1 Å². The van der Waals surface area contributed by atoms with E-state index in [-0.39, 0.29) is 18.1 Å². The van der Waals surface area contributed by atoms with E-state index >= 15 is 0 Å². The molecular formula is C21H26BrN5O2. The zero-order valence-corrected chi connectivity index (χ0v) is 18.7. The molecule has 154 valence electrons. The molecule has 8 heteroatoms. The monoisotopic (exact) mass is 459 g/mol. The van der Waals surface area contributed by atoms with Crippen molar-refractivity contribution in [2.24, 2.45) is 0 Å². The number of nitrogens with one attached hydrogen (secondary N) is 1. The van der Waals surface area contributed by atoms with Crippen LogP contribution >= 0.6 is 15.9 Å². The van der Waals surface area contributed by atoms with Gasteiger partial charge in [0.2, 0.25) is 0 Å². The van der Waals surface area contributed by atoms with Gasteiger partial charge in [-0.05, 0) is 52.0 Å². The molecule has 0 aliphatic carbocycles. The van der Waals surface area contributed by atoms with Crippen LogP contribution in [0.5, 0.6) is 5.75 Å². The molecule has 0 fully saturated rings. The van der Waals surface area contributed by atoms with E-state index in [1.165, 1.54) is 5.56 Å². The van der Waals surface area contributed by atoms with Crippen molar-refractivity contribution in [2.75, 3.05) is 0 Å². The van der Waals surface area contributed by atoms with Crippen molar-refractivity contribution < 1.29 is 9.53 Å². The van der Waals surface area contributed by atoms with Crippen molar-refractivity contribution in [3.05, 3.63) is 64.1 Å². The number of nitrogens with zero attached hydrogens (tertiary/aromatic N) is 4. The summed E-state index contributed by atoms with van der Waals surface area (Å²) in [5, 5.41) is 11.4. The zero-order valence-electron chi connectivity index (χ0n) is 17.1. The molecule has 1 N–H and O–H groups in total. The summed E-state index contributed by atoms with van der Waals surface area (Å²) in [6.07, 6.45) is 3.45. The number of ether oxygens (including phenoxy) is 1. The van der Waals surface area contributed by atoms with Crippen molar-refractivity contribution in [1.82, 2.24) is 24.9 Å². The number of carbonyl (C=O) groups excluding carboxylic acids is 1. The summed E-state index contributed by atoms with van der Waals surface area (Å²) in [6.45, 7) is 9.87. The predicted octanol–water partition coefficient (Wildman–Crippen LogP) is 4.13. The van der Waals surface area contributed by atoms with Crippen LogP contribution in [-0.4, -0.2) is 25.5 Å². The van der Waals surface area contributed by atoms with Crippen molar-refractivity contribution in [1.29, 1.82) is 0 Å². The predicted molar refractivity (Wildman–Crippen MR) is 115 cm³/mol. The average Bonchev–Trinajstić information content (AvgIpc) is 3.30. The van der Waals surface area contributed by atoms with Gasteiger partial charge in [0.05, 0.1) is 22.9 Å². The van der Waals surface area contributed by atoms with E-state index in [4.69, 9.17) is 4.74 Å². The van der Waals surface area contributed by atoms with Crippen molar-refractivity contribution >= 4 is 21.8 Å². The lowest BCUT2D eigenvalue weighted by atomic mass is 9.87. The Morgan fingerprint density at radius 3 is 2.59 bits per heavy atom. The number of carbonyl (C=O) groups is 1. The smallest absolute Gasteiger partial charge is 0.272 e. The fourth-order valence-electron chi connectivity index (χ4n) is 2.84. The third kappa shape index (κ3) is 5.26. The summed E-state index contributed by atoms with van der Waals surface area (Å²) in [4.78, 5) is 12.4. The molecule has 2 aromatic heterocycles. The standard InChI is InChI=1S/C21H26BrN5O2/c1-5-27-19(17(22)12-24-27)13-23-20(28)18-10-11-26(25-18)14-29-16-8-6-15(7-9-16)21(2,3)4/h6-12H,5,13-14H2,1-4H3,(H,23,28). The molecule has 0 saturated heterocycles. The molecule has 0 unspecified atom stereocenters. The quantitative estimate of drug-likeness (QED) is 0.576. The summed E-state index contributed by atoms with van der Waals surface area (Å²) in [6, 6.07) is 9.71. The summed E-state index contributed by atoms with van der Waals surface area (Å²) in [7, 11) is 0. The molecule has 3 aromatic rings. The Hall–Kier alpha value is -2.61. The number of hydrogen-bond acceptors (Lipinski definition) is 4. The van der Waals surface area contributed by atoms with Crippen molar-refractivity contribution in [3.63, 3.8) is 0 Å². The number of rotatable bonds is 7. The van der Waals surface area contributed by atoms with Gasteiger partial charge >= 0.3 is 0 Å². The minimum atomic E-state index is -0.242. The minimum absolute atomic E-state index is 0.104. The lowest BCUT2D eigenvalue weighted by Gasteiger charge is -2.19. The number of aromatic nitrogens is 4. The molecule has 0 aliphatic rings. The fraction of sp³-hybridized carbons (Fsp3) is 0.381. The highest BCUT2D eigenvalue weighted by atomic mass is 79.9. The Labute approximate surface area is 179 Å². The van der Waals surface area contributed by atoms with E-state index in [9.17, 15) is 4.79 Å². The largest absolute Gasteiger partial charge is 0.471 e. The summed E-state index contributed by atoms with van der Waals surface area (Å²) < 4.78 is 10.1. The van der Waals surface area contributed by atoms with Gasteiger partial charge in [0.1, 0.15) is 11.4 Å². The Kier molecular flexibility index (Phi) is 6.42. The fourth-order valence-corrected chi connectivity index (χ4v) is 3.27. The van der Waals surface area contributed by atoms with Gasteiger partial charge < -0.3 is 10.1 Å². The molecular weight excluding hydrogens is 434 g/mol. The van der Waals surface area contributed by atoms with Gasteiger partial charge in [-0.15, -0.1) is 0 Å². The first-order valence-corrected chi connectivity index (χ1v) is 10.3. The number of benzene rings is 1. The topological polar surface area (TPSA) is 74.0 Å². The van der Waals surface area contributed by atoms with Gasteiger partial charge in [-0.25, -0.2) is 4.68 Å². The first kappa shape index (κ1) is 21.1. The Morgan fingerprint density at radius 1 is 1.21 bits per heavy atom. The van der Waals surface area contributed by atoms with Crippen molar-refractivity contribution in [3.8, 4) is 5.75 Å². The zero-order chi connectivity index (χ0) is 21.0. The second-order valence-corrected chi connectivity index (χ2v) is 8.58. The normalized spacial score (nSPS) is 11.5. The van der Waals surface area contributed by atoms with Crippen LogP contribution in [0.1, 0.15) is 49.4 Å². The molecule has 0 radical (unpaired) electrons. The molecule has 1 amide bonds. The summed E-state index contributed by atoms with van der Waals surface area (Å²) >= 11 is 3.46. The van der Waals surface area contributed by atoms with Gasteiger partial charge in [0.15, 0.2) is 6.73 Å². The van der Waals surface area contributed by atoms with Crippen LogP contribution in [0.25, 0.3) is 0 Å². The molecule has 0 saturated carbocycles. The van der Waals surface area contributed by atoms with Crippen LogP contribution in [0, 0.1) is 0 Å². The SMILES string of the molecule is CCn1ncc(Br)c1CNC(=O)c1ccn(COc2ccc(C(C)(C)C)cc2)n1. The number of amides is 1. The van der Waals surface area contributed by atoms with E-state index in [2.05, 4.69) is 64.3 Å². The first-order chi connectivity index (χ1) is 13.8. The van der Waals surface area contributed by atoms with Crippen LogP contribution in [0.15, 0.2) is 47.2 Å². The molecule has 29 heavy (non-hydrogen) atoms. The number of aryl methyl sites for hydroxylation is 1. The van der Waals surface area contributed by atoms with Crippen LogP contribution in [0.4, 0.5) is 0 Å². The molecule has 3 rings (SSSR count). The first-order valence-electron chi connectivity index (χ1n) is 9.53. The van der Waals surface area contributed by atoms with Crippen LogP contribution in [0.2, 0.25) is 0 Å². The molecule has 0 aliphatic heterocycles. The maximum Gasteiger partial charge on any atom is 0.272 e. The third-order valence-electron chi connectivity index (χ3n) is 4.57. The van der Waals surface area contributed by atoms with Crippen LogP contribution in [0.3, 0.4) is 0 Å². The number of hydrogen-bond donors (Lipinski definition) is 1. The highest BCUT2D eigenvalue weighted by molar-refractivity contribution is 9.10. The molecule has 7 nitrogen and oxygen atoms in total. The minimum Gasteiger partial charge on any atom is -0.471 e. The van der Waals surface area contributed by atoms with E-state index in [1.807, 2.05) is 23.7 Å². The Balaban J connectivity index is 1.55. The second kappa shape index (κ2) is 8.82. The summed E-state index contributed by atoms with van der Waals surface area (Å²) in [5.74, 6) is 0.520. The van der Waals surface area contributed by atoms with E-state index in [0.29, 0.717) is 12.2 Å². The van der Waals surface area contributed by atoms with Gasteiger partial charge in [0, 0.05) is 12.7 Å². The molecule has 0 bridgehead atoms. The number of halogens is 1. The maximum atomic E-state index is 12.4. The van der Waals surface area contributed by atoms with E-state index in [0.717, 1.165) is 22.5 Å². The average molecular weight is 460 g/mol. The third-order valence-corrected chi connectivity index (χ3v) is 5.23. The highest BCUT2D eigenvalue weighted by Gasteiger charge is 2.14. The molecule has 0 atom stereocenters. The van der Waals surface area contributed by atoms with Gasteiger partial charge in [-0.2, -0.15) is 10.2 Å². The maximum absolute atomic E-state index is 12.4. The Morgan fingerprint density at radius 2 is 1.93 bits per heavy atom. The van der Waals surface area contributed by atoms with Crippen LogP contribution in [-0.2, 0) is 25.2 Å². The lowest BCUT2D eigenvalue weighted by molar-refractivity contribution is 0.0942. The molecule has 2 heterocycles. The molecule has 1 aromatic carbocycles. The highest BCUT2D eigenvalue weighted by Crippen LogP contribution is 2.24. The summed E-state index contributed by atoms with van der Waals surface area (Å²) in [5.41, 5.74) is 2.62. The van der Waals surface area contributed by atoms with Gasteiger partial charge in [-0.3, -0.25) is 9.48 Å². The molecule has 0 spiro atoms. The Bertz CT molecular complexity index is 970.